The van der Waals surface area contributed by atoms with E-state index in [1.165, 1.54) is 11.6 Å². The van der Waals surface area contributed by atoms with Gasteiger partial charge in [0.15, 0.2) is 0 Å². The minimum atomic E-state index is -0.426. The van der Waals surface area contributed by atoms with Gasteiger partial charge in [0, 0.05) is 61.4 Å². The molecule has 4 heterocycles. The fourth-order valence-electron chi connectivity index (χ4n) is 5.61. The summed E-state index contributed by atoms with van der Waals surface area (Å²) in [5, 5.41) is 3.11. The van der Waals surface area contributed by atoms with Crippen molar-refractivity contribution in [3.63, 3.8) is 0 Å². The Kier molecular flexibility index (Phi) is 7.67. The third-order valence-electron chi connectivity index (χ3n) is 7.92. The summed E-state index contributed by atoms with van der Waals surface area (Å²) in [6.45, 7) is 5.71. The maximum absolute atomic E-state index is 14.8. The molecule has 38 heavy (non-hydrogen) atoms. The number of hydrogen-bond donors (Lipinski definition) is 1. The smallest absolute Gasteiger partial charge is 0.255 e. The first-order valence-electron chi connectivity index (χ1n) is 13.4. The number of amides is 2. The van der Waals surface area contributed by atoms with E-state index >= 15 is 0 Å². The quantitative estimate of drug-likeness (QED) is 0.485. The number of carbonyl (C=O) groups excluding carboxylic acids is 2. The van der Waals surface area contributed by atoms with Crippen molar-refractivity contribution in [1.82, 2.24) is 19.8 Å². The molecular formula is C30H34FN5O2. The first-order valence-corrected chi connectivity index (χ1v) is 13.4. The second-order valence-corrected chi connectivity index (χ2v) is 10.4. The Bertz CT molecular complexity index is 1270. The first-order chi connectivity index (χ1) is 18.4. The largest absolute Gasteiger partial charge is 0.366 e. The molecule has 2 unspecified atom stereocenters. The van der Waals surface area contributed by atoms with E-state index in [-0.39, 0.29) is 30.4 Å². The zero-order chi connectivity index (χ0) is 26.6. The molecule has 5 rings (SSSR count). The maximum Gasteiger partial charge on any atom is 0.255 e. The second-order valence-electron chi connectivity index (χ2n) is 10.4. The van der Waals surface area contributed by atoms with Crippen LogP contribution in [0.15, 0.2) is 61.1 Å². The zero-order valence-electron chi connectivity index (χ0n) is 21.9. The summed E-state index contributed by atoms with van der Waals surface area (Å²) in [4.78, 5) is 38.0. The molecule has 8 heteroatoms. The van der Waals surface area contributed by atoms with Crippen LogP contribution < -0.4 is 5.32 Å². The van der Waals surface area contributed by atoms with E-state index in [2.05, 4.69) is 15.3 Å². The van der Waals surface area contributed by atoms with Crippen LogP contribution in [0.1, 0.15) is 77.3 Å². The van der Waals surface area contributed by atoms with Crippen molar-refractivity contribution in [2.75, 3.05) is 18.4 Å². The molecule has 1 aromatic carbocycles. The third kappa shape index (κ3) is 5.54. The normalized spacial score (nSPS) is 20.0. The first kappa shape index (κ1) is 25.8. The number of nitrogens with zero attached hydrogens (tertiary/aromatic N) is 4. The van der Waals surface area contributed by atoms with E-state index in [1.54, 1.807) is 30.5 Å². The van der Waals surface area contributed by atoms with E-state index in [0.717, 1.165) is 25.7 Å². The van der Waals surface area contributed by atoms with E-state index in [0.29, 0.717) is 41.5 Å². The van der Waals surface area contributed by atoms with Crippen LogP contribution in [0.5, 0.6) is 0 Å². The maximum atomic E-state index is 14.8. The summed E-state index contributed by atoms with van der Waals surface area (Å²) in [6, 6.07) is 12.6. The number of carbonyl (C=O) groups is 2. The van der Waals surface area contributed by atoms with Gasteiger partial charge < -0.3 is 15.1 Å². The molecule has 2 aliphatic rings. The van der Waals surface area contributed by atoms with E-state index in [9.17, 15) is 14.0 Å². The van der Waals surface area contributed by atoms with Gasteiger partial charge in [-0.25, -0.2) is 9.37 Å². The van der Waals surface area contributed by atoms with Crippen LogP contribution in [0, 0.1) is 5.82 Å². The molecular weight excluding hydrogens is 481 g/mol. The fraction of sp³-hybridized carbons (Fsp3) is 0.400. The van der Waals surface area contributed by atoms with Gasteiger partial charge in [-0.1, -0.05) is 6.07 Å². The standard InChI is InChI=1S/C30H34FN5O2/c1-20-3-4-21(2)36(20)30(38)24-5-6-25(27(31)17-24)18-33-28-8-7-26(19-34-28)29(37)35-15-11-23(12-16-35)22-9-13-32-14-10-22/h5-10,13-14,17,19-21,23H,3-4,11-12,15-16,18H2,1-2H3,(H,33,34). The van der Waals surface area contributed by atoms with Crippen molar-refractivity contribution in [3.8, 4) is 0 Å². The number of piperidine rings is 1. The molecule has 2 amide bonds. The SMILES string of the molecule is CC1CCC(C)N1C(=O)c1ccc(CNc2ccc(C(=O)N3CCC(c4ccncc4)CC3)cn2)c(F)c1. The molecule has 2 fully saturated rings. The molecule has 2 aliphatic heterocycles. The molecule has 0 bridgehead atoms. The predicted molar refractivity (Wildman–Crippen MR) is 144 cm³/mol. The third-order valence-corrected chi connectivity index (χ3v) is 7.92. The molecule has 1 N–H and O–H groups in total. The molecule has 0 radical (unpaired) electrons. The number of pyridine rings is 2. The van der Waals surface area contributed by atoms with E-state index in [1.807, 2.05) is 48.2 Å². The minimum absolute atomic E-state index is 0.0230. The van der Waals surface area contributed by atoms with Crippen LogP contribution in [0.2, 0.25) is 0 Å². The molecule has 2 saturated heterocycles. The molecule has 0 spiro atoms. The summed E-state index contributed by atoms with van der Waals surface area (Å²) < 4.78 is 14.8. The Hall–Kier alpha value is -3.81. The molecule has 2 aromatic heterocycles. The van der Waals surface area contributed by atoms with Gasteiger partial charge in [-0.15, -0.1) is 0 Å². The molecule has 7 nitrogen and oxygen atoms in total. The lowest BCUT2D eigenvalue weighted by Crippen LogP contribution is -2.38. The molecule has 0 saturated carbocycles. The van der Waals surface area contributed by atoms with Crippen LogP contribution in [0.25, 0.3) is 0 Å². The van der Waals surface area contributed by atoms with Crippen molar-refractivity contribution in [2.45, 2.75) is 64.1 Å². The van der Waals surface area contributed by atoms with E-state index in [4.69, 9.17) is 0 Å². The van der Waals surface area contributed by atoms with Gasteiger partial charge in [-0.3, -0.25) is 14.6 Å². The number of likely N-dealkylation sites (tertiary alicyclic amines) is 2. The van der Waals surface area contributed by atoms with Crippen LogP contribution in [0.4, 0.5) is 10.2 Å². The van der Waals surface area contributed by atoms with Crippen LogP contribution in [0.3, 0.4) is 0 Å². The number of anilines is 1. The van der Waals surface area contributed by atoms with Gasteiger partial charge in [0.25, 0.3) is 11.8 Å². The van der Waals surface area contributed by atoms with Crippen molar-refractivity contribution in [3.05, 3.63) is 89.1 Å². The van der Waals surface area contributed by atoms with Gasteiger partial charge in [0.05, 0.1) is 5.56 Å². The summed E-state index contributed by atoms with van der Waals surface area (Å²) >= 11 is 0. The fourth-order valence-corrected chi connectivity index (χ4v) is 5.61. The van der Waals surface area contributed by atoms with Crippen LogP contribution in [-0.2, 0) is 6.54 Å². The summed E-state index contributed by atoms with van der Waals surface area (Å²) in [5.41, 5.74) is 2.63. The van der Waals surface area contributed by atoms with Gasteiger partial charge in [0.1, 0.15) is 11.6 Å². The van der Waals surface area contributed by atoms with Crippen LogP contribution in [-0.4, -0.2) is 56.8 Å². The highest BCUT2D eigenvalue weighted by molar-refractivity contribution is 5.95. The summed E-state index contributed by atoms with van der Waals surface area (Å²) in [7, 11) is 0. The van der Waals surface area contributed by atoms with Gasteiger partial charge in [-0.2, -0.15) is 0 Å². The second kappa shape index (κ2) is 11.3. The average molecular weight is 516 g/mol. The summed E-state index contributed by atoms with van der Waals surface area (Å²) in [5.74, 6) is 0.434. The monoisotopic (exact) mass is 515 g/mol. The Morgan fingerprint density at radius 2 is 1.61 bits per heavy atom. The van der Waals surface area contributed by atoms with Gasteiger partial charge in [0.2, 0.25) is 0 Å². The van der Waals surface area contributed by atoms with Crippen molar-refractivity contribution < 1.29 is 14.0 Å². The lowest BCUT2D eigenvalue weighted by atomic mass is 9.90. The van der Waals surface area contributed by atoms with Crippen LogP contribution >= 0.6 is 0 Å². The van der Waals surface area contributed by atoms with Crippen molar-refractivity contribution in [1.29, 1.82) is 0 Å². The molecule has 198 valence electrons. The van der Waals surface area contributed by atoms with Crippen molar-refractivity contribution in [2.24, 2.45) is 0 Å². The number of rotatable bonds is 6. The number of aromatic nitrogens is 2. The Morgan fingerprint density at radius 1 is 0.921 bits per heavy atom. The van der Waals surface area contributed by atoms with E-state index < -0.39 is 5.82 Å². The number of hydrogen-bond acceptors (Lipinski definition) is 5. The summed E-state index contributed by atoms with van der Waals surface area (Å²) in [6.07, 6.45) is 8.99. The highest BCUT2D eigenvalue weighted by Crippen LogP contribution is 2.29. The lowest BCUT2D eigenvalue weighted by molar-refractivity contribution is 0.0689. The van der Waals surface area contributed by atoms with Gasteiger partial charge in [-0.05, 0) is 87.4 Å². The van der Waals surface area contributed by atoms with Crippen molar-refractivity contribution >= 4 is 17.6 Å². The molecule has 3 aromatic rings. The zero-order valence-corrected chi connectivity index (χ0v) is 21.9. The molecule has 2 atom stereocenters. The van der Waals surface area contributed by atoms with Gasteiger partial charge >= 0.3 is 0 Å². The number of nitrogens with one attached hydrogen (secondary N) is 1. The minimum Gasteiger partial charge on any atom is -0.366 e. The topological polar surface area (TPSA) is 78.4 Å². The highest BCUT2D eigenvalue weighted by Gasteiger charge is 2.32. The lowest BCUT2D eigenvalue weighted by Gasteiger charge is -2.32. The number of benzene rings is 1. The Balaban J connectivity index is 1.14. The highest BCUT2D eigenvalue weighted by atomic mass is 19.1. The Labute approximate surface area is 223 Å². The average Bonchev–Trinajstić information content (AvgIpc) is 3.29. The number of halogens is 1. The predicted octanol–water partition coefficient (Wildman–Crippen LogP) is 5.26. The molecule has 0 aliphatic carbocycles. The Morgan fingerprint density at radius 3 is 2.24 bits per heavy atom.